The number of ketones is 1. The fourth-order valence-corrected chi connectivity index (χ4v) is 2.46. The van der Waals surface area contributed by atoms with Gasteiger partial charge in [0.25, 0.3) is 0 Å². The van der Waals surface area contributed by atoms with Gasteiger partial charge in [-0.1, -0.05) is 0 Å². The Morgan fingerprint density at radius 2 is 1.94 bits per heavy atom. The molecule has 2 rings (SSSR count). The van der Waals surface area contributed by atoms with Crippen molar-refractivity contribution in [3.8, 4) is 0 Å². The van der Waals surface area contributed by atoms with Gasteiger partial charge in [-0.3, -0.25) is 4.79 Å². The quantitative estimate of drug-likeness (QED) is 0.643. The fraction of sp³-hybridized carbons (Fsp3) is 0.500. The maximum Gasteiger partial charge on any atom is 0.161 e. The predicted octanol–water partition coefficient (Wildman–Crippen LogP) is 2.08. The Morgan fingerprint density at radius 1 is 1.33 bits per heavy atom. The highest BCUT2D eigenvalue weighted by atomic mass is 16.5. The van der Waals surface area contributed by atoms with E-state index in [1.165, 1.54) is 6.92 Å². The molecule has 0 aliphatic carbocycles. The molecule has 1 aromatic rings. The third kappa shape index (κ3) is 2.64. The smallest absolute Gasteiger partial charge is 0.161 e. The van der Waals surface area contributed by atoms with E-state index >= 15 is 0 Å². The van der Waals surface area contributed by atoms with Crippen LogP contribution in [0, 0.1) is 0 Å². The number of nitrogens with two attached hydrogens (primary N) is 1. The van der Waals surface area contributed by atoms with E-state index in [4.69, 9.17) is 10.5 Å². The van der Waals surface area contributed by atoms with Gasteiger partial charge in [0, 0.05) is 30.0 Å². The number of nitrogen functional groups attached to an aromatic ring is 1. The Morgan fingerprint density at radius 3 is 2.44 bits per heavy atom. The molecular weight excluding hydrogens is 228 g/mol. The number of hydrogen-bond donors (Lipinski definition) is 1. The molecule has 0 saturated carbocycles. The molecule has 0 aromatic heterocycles. The molecule has 1 heterocycles. The number of ether oxygens (including phenoxy) is 1. The van der Waals surface area contributed by atoms with E-state index in [0.29, 0.717) is 11.3 Å². The fourth-order valence-electron chi connectivity index (χ4n) is 2.46. The molecule has 2 N–H and O–H groups in total. The number of anilines is 2. The Hall–Kier alpha value is -1.55. The van der Waals surface area contributed by atoms with Crippen LogP contribution in [0.1, 0.15) is 31.1 Å². The first kappa shape index (κ1) is 12.9. The second kappa shape index (κ2) is 4.98. The average Bonchev–Trinajstić information content (AvgIpc) is 2.26. The molecule has 0 spiro atoms. The van der Waals surface area contributed by atoms with Crippen LogP contribution >= 0.6 is 0 Å². The summed E-state index contributed by atoms with van der Waals surface area (Å²) in [6.07, 6.45) is 0.421. The van der Waals surface area contributed by atoms with Gasteiger partial charge in [-0.05, 0) is 39.0 Å². The van der Waals surface area contributed by atoms with Gasteiger partial charge in [0.15, 0.2) is 5.78 Å². The zero-order valence-corrected chi connectivity index (χ0v) is 11.1. The minimum Gasteiger partial charge on any atom is -0.398 e. The van der Waals surface area contributed by atoms with E-state index in [0.717, 1.165) is 18.8 Å². The summed E-state index contributed by atoms with van der Waals surface area (Å²) in [7, 11) is 0. The normalized spacial score (nSPS) is 24.1. The van der Waals surface area contributed by atoms with Crippen molar-refractivity contribution in [2.45, 2.75) is 33.0 Å². The summed E-state index contributed by atoms with van der Waals surface area (Å²) < 4.78 is 5.70. The highest BCUT2D eigenvalue weighted by Gasteiger charge is 2.22. The van der Waals surface area contributed by atoms with Gasteiger partial charge in [0.2, 0.25) is 0 Å². The summed E-state index contributed by atoms with van der Waals surface area (Å²) in [4.78, 5) is 13.6. The molecule has 18 heavy (non-hydrogen) atoms. The van der Waals surface area contributed by atoms with Gasteiger partial charge in [-0.2, -0.15) is 0 Å². The molecule has 98 valence electrons. The summed E-state index contributed by atoms with van der Waals surface area (Å²) in [6.45, 7) is 7.36. The highest BCUT2D eigenvalue weighted by molar-refractivity contribution is 5.99. The summed E-state index contributed by atoms with van der Waals surface area (Å²) in [5.74, 6) is 0.00256. The number of Topliss-reactive ketones (excluding diaryl/α,β-unsaturated/α-hetero) is 1. The number of carbonyl (C=O) groups is 1. The van der Waals surface area contributed by atoms with Crippen LogP contribution in [0.2, 0.25) is 0 Å². The van der Waals surface area contributed by atoms with Crippen LogP contribution in [0.25, 0.3) is 0 Å². The molecule has 2 atom stereocenters. The molecule has 1 saturated heterocycles. The highest BCUT2D eigenvalue weighted by Crippen LogP contribution is 2.24. The third-order valence-corrected chi connectivity index (χ3v) is 3.20. The lowest BCUT2D eigenvalue weighted by molar-refractivity contribution is -0.00521. The first-order valence-electron chi connectivity index (χ1n) is 6.28. The Balaban J connectivity index is 2.23. The second-order valence-electron chi connectivity index (χ2n) is 4.99. The van der Waals surface area contributed by atoms with E-state index in [1.807, 2.05) is 12.1 Å². The van der Waals surface area contributed by atoms with Crippen LogP contribution in [-0.2, 0) is 4.74 Å². The van der Waals surface area contributed by atoms with Crippen molar-refractivity contribution in [1.82, 2.24) is 0 Å². The number of carbonyl (C=O) groups excluding carboxylic acids is 1. The van der Waals surface area contributed by atoms with Crippen molar-refractivity contribution in [3.05, 3.63) is 23.8 Å². The van der Waals surface area contributed by atoms with Gasteiger partial charge < -0.3 is 15.4 Å². The molecule has 1 aliphatic rings. The minimum absolute atomic E-state index is 0.00256. The van der Waals surface area contributed by atoms with E-state index in [9.17, 15) is 4.79 Å². The van der Waals surface area contributed by atoms with E-state index in [-0.39, 0.29) is 18.0 Å². The minimum atomic E-state index is 0.00256. The molecule has 1 fully saturated rings. The molecule has 0 bridgehead atoms. The zero-order chi connectivity index (χ0) is 13.3. The van der Waals surface area contributed by atoms with Crippen LogP contribution in [0.4, 0.5) is 11.4 Å². The molecule has 1 aromatic carbocycles. The summed E-state index contributed by atoms with van der Waals surface area (Å²) in [5, 5.41) is 0. The van der Waals surface area contributed by atoms with Gasteiger partial charge in [-0.25, -0.2) is 0 Å². The SMILES string of the molecule is CC(=O)c1ccc(N2CC(C)OC(C)C2)cc1N. The maximum absolute atomic E-state index is 11.3. The number of nitrogens with zero attached hydrogens (tertiary/aromatic N) is 1. The lowest BCUT2D eigenvalue weighted by Gasteiger charge is -2.37. The van der Waals surface area contributed by atoms with E-state index < -0.39 is 0 Å². The van der Waals surface area contributed by atoms with Crippen molar-refractivity contribution in [1.29, 1.82) is 0 Å². The standard InChI is InChI=1S/C14H20N2O2/c1-9-7-16(8-10(2)18-9)12-4-5-13(11(3)17)14(15)6-12/h4-6,9-10H,7-8,15H2,1-3H3. The Labute approximate surface area is 108 Å². The maximum atomic E-state index is 11.3. The van der Waals surface area contributed by atoms with Gasteiger partial charge in [0.1, 0.15) is 0 Å². The molecule has 4 nitrogen and oxygen atoms in total. The van der Waals surface area contributed by atoms with Crippen LogP contribution in [0.5, 0.6) is 0 Å². The van der Waals surface area contributed by atoms with Crippen LogP contribution in [0.15, 0.2) is 18.2 Å². The van der Waals surface area contributed by atoms with Crippen LogP contribution in [-0.4, -0.2) is 31.1 Å². The van der Waals surface area contributed by atoms with Gasteiger partial charge in [-0.15, -0.1) is 0 Å². The van der Waals surface area contributed by atoms with E-state index in [1.54, 1.807) is 6.07 Å². The molecule has 2 unspecified atom stereocenters. The molecule has 0 radical (unpaired) electrons. The van der Waals surface area contributed by atoms with Crippen molar-refractivity contribution in [2.75, 3.05) is 23.7 Å². The lowest BCUT2D eigenvalue weighted by atomic mass is 10.1. The number of benzene rings is 1. The van der Waals surface area contributed by atoms with Gasteiger partial charge >= 0.3 is 0 Å². The van der Waals surface area contributed by atoms with E-state index in [2.05, 4.69) is 18.7 Å². The monoisotopic (exact) mass is 248 g/mol. The Bertz CT molecular complexity index is 449. The molecule has 4 heteroatoms. The number of hydrogen-bond acceptors (Lipinski definition) is 4. The number of rotatable bonds is 2. The van der Waals surface area contributed by atoms with Crippen LogP contribution < -0.4 is 10.6 Å². The van der Waals surface area contributed by atoms with Crippen LogP contribution in [0.3, 0.4) is 0 Å². The third-order valence-electron chi connectivity index (χ3n) is 3.20. The predicted molar refractivity (Wildman–Crippen MR) is 73.1 cm³/mol. The van der Waals surface area contributed by atoms with Gasteiger partial charge in [0.05, 0.1) is 12.2 Å². The summed E-state index contributed by atoms with van der Waals surface area (Å²) in [6, 6.07) is 5.64. The number of morpholine rings is 1. The van der Waals surface area contributed by atoms with Crippen molar-refractivity contribution < 1.29 is 9.53 Å². The summed E-state index contributed by atoms with van der Waals surface area (Å²) >= 11 is 0. The molecular formula is C14H20N2O2. The first-order valence-corrected chi connectivity index (χ1v) is 6.28. The first-order chi connectivity index (χ1) is 8.47. The second-order valence-corrected chi connectivity index (χ2v) is 4.99. The zero-order valence-electron chi connectivity index (χ0n) is 11.1. The topological polar surface area (TPSA) is 55.6 Å². The average molecular weight is 248 g/mol. The largest absolute Gasteiger partial charge is 0.398 e. The molecule has 1 aliphatic heterocycles. The molecule has 0 amide bonds. The lowest BCUT2D eigenvalue weighted by Crippen LogP contribution is -2.45. The van der Waals surface area contributed by atoms with Crippen molar-refractivity contribution in [3.63, 3.8) is 0 Å². The van der Waals surface area contributed by atoms with Crippen molar-refractivity contribution in [2.24, 2.45) is 0 Å². The Kier molecular flexibility index (Phi) is 3.57. The van der Waals surface area contributed by atoms with Crippen molar-refractivity contribution >= 4 is 17.2 Å². The summed E-state index contributed by atoms with van der Waals surface area (Å²) in [5.41, 5.74) is 8.11.